The summed E-state index contributed by atoms with van der Waals surface area (Å²) < 4.78 is 5.80. The van der Waals surface area contributed by atoms with Gasteiger partial charge < -0.3 is 9.72 Å². The van der Waals surface area contributed by atoms with E-state index in [1.807, 2.05) is 37.3 Å². The van der Waals surface area contributed by atoms with Crippen molar-refractivity contribution in [2.75, 3.05) is 6.61 Å². The highest BCUT2D eigenvalue weighted by Crippen LogP contribution is 2.28. The van der Waals surface area contributed by atoms with Gasteiger partial charge >= 0.3 is 0 Å². The summed E-state index contributed by atoms with van der Waals surface area (Å²) in [7, 11) is 0. The van der Waals surface area contributed by atoms with Crippen LogP contribution in [0, 0.1) is 25.2 Å². The van der Waals surface area contributed by atoms with Gasteiger partial charge in [0.2, 0.25) is 0 Å². The molecule has 0 aliphatic carbocycles. The third-order valence-electron chi connectivity index (χ3n) is 3.53. The predicted molar refractivity (Wildman–Crippen MR) is 87.1 cm³/mol. The third-order valence-corrected chi connectivity index (χ3v) is 3.53. The second kappa shape index (κ2) is 6.95. The van der Waals surface area contributed by atoms with Gasteiger partial charge in [0, 0.05) is 11.3 Å². The number of aromatic amines is 1. The SMILES string of the molecule is CCCCOc1cc(-c2cc(C)[nH]c(=O)c2C#N)ccc1C. The number of ether oxygens (including phenoxy) is 1. The van der Waals surface area contributed by atoms with E-state index in [1.54, 1.807) is 6.92 Å². The molecule has 4 heteroatoms. The Hall–Kier alpha value is -2.54. The van der Waals surface area contributed by atoms with E-state index in [0.717, 1.165) is 35.4 Å². The fourth-order valence-corrected chi connectivity index (χ4v) is 2.28. The lowest BCUT2D eigenvalue weighted by Gasteiger charge is -2.12. The van der Waals surface area contributed by atoms with Crippen molar-refractivity contribution in [2.24, 2.45) is 0 Å². The van der Waals surface area contributed by atoms with E-state index in [9.17, 15) is 10.1 Å². The first-order valence-corrected chi connectivity index (χ1v) is 7.44. The van der Waals surface area contributed by atoms with Crippen LogP contribution in [0.15, 0.2) is 29.1 Å². The Morgan fingerprint density at radius 2 is 2.05 bits per heavy atom. The van der Waals surface area contributed by atoms with E-state index in [1.165, 1.54) is 0 Å². The Morgan fingerprint density at radius 3 is 2.73 bits per heavy atom. The number of pyridine rings is 1. The van der Waals surface area contributed by atoms with Gasteiger partial charge in [-0.3, -0.25) is 4.79 Å². The van der Waals surface area contributed by atoms with E-state index >= 15 is 0 Å². The van der Waals surface area contributed by atoms with E-state index < -0.39 is 0 Å². The topological polar surface area (TPSA) is 65.9 Å². The molecule has 2 aromatic rings. The summed E-state index contributed by atoms with van der Waals surface area (Å²) in [6.45, 7) is 6.57. The number of nitrogens with zero attached hydrogens (tertiary/aromatic N) is 1. The van der Waals surface area contributed by atoms with Gasteiger partial charge in [0.05, 0.1) is 6.61 Å². The Kier molecular flexibility index (Phi) is 5.00. The van der Waals surface area contributed by atoms with E-state index in [4.69, 9.17) is 4.74 Å². The minimum Gasteiger partial charge on any atom is -0.493 e. The zero-order valence-electron chi connectivity index (χ0n) is 13.2. The lowest BCUT2D eigenvalue weighted by molar-refractivity contribution is 0.307. The minimum atomic E-state index is -0.355. The van der Waals surface area contributed by atoms with Crippen molar-refractivity contribution in [3.63, 3.8) is 0 Å². The molecule has 0 atom stereocenters. The highest BCUT2D eigenvalue weighted by Gasteiger charge is 2.12. The zero-order valence-corrected chi connectivity index (χ0v) is 13.2. The molecule has 1 aromatic carbocycles. The minimum absolute atomic E-state index is 0.133. The summed E-state index contributed by atoms with van der Waals surface area (Å²) in [4.78, 5) is 14.6. The molecule has 0 aliphatic rings. The average molecular weight is 296 g/mol. The molecule has 2 rings (SSSR count). The van der Waals surface area contributed by atoms with Gasteiger partial charge in [0.15, 0.2) is 0 Å². The van der Waals surface area contributed by atoms with Crippen molar-refractivity contribution in [3.8, 4) is 22.9 Å². The molecule has 4 nitrogen and oxygen atoms in total. The van der Waals surface area contributed by atoms with Gasteiger partial charge in [-0.25, -0.2) is 0 Å². The number of rotatable bonds is 5. The number of unbranched alkanes of at least 4 members (excludes halogenated alkanes) is 1. The van der Waals surface area contributed by atoms with E-state index in [2.05, 4.69) is 11.9 Å². The molecule has 0 spiro atoms. The number of aryl methyl sites for hydroxylation is 2. The molecular weight excluding hydrogens is 276 g/mol. The highest BCUT2D eigenvalue weighted by atomic mass is 16.5. The first-order chi connectivity index (χ1) is 10.6. The van der Waals surface area contributed by atoms with Crippen molar-refractivity contribution in [3.05, 3.63) is 51.4 Å². The van der Waals surface area contributed by atoms with Crippen LogP contribution >= 0.6 is 0 Å². The molecule has 0 saturated carbocycles. The smallest absolute Gasteiger partial charge is 0.266 e. The fraction of sp³-hybridized carbons (Fsp3) is 0.333. The first-order valence-electron chi connectivity index (χ1n) is 7.44. The van der Waals surface area contributed by atoms with Gasteiger partial charge in [-0.2, -0.15) is 5.26 Å². The van der Waals surface area contributed by atoms with Crippen molar-refractivity contribution < 1.29 is 4.74 Å². The Labute approximate surface area is 130 Å². The van der Waals surface area contributed by atoms with Crippen molar-refractivity contribution in [2.45, 2.75) is 33.6 Å². The van der Waals surface area contributed by atoms with Crippen LogP contribution < -0.4 is 10.3 Å². The van der Waals surface area contributed by atoms with Crippen LogP contribution in [0.3, 0.4) is 0 Å². The summed E-state index contributed by atoms with van der Waals surface area (Å²) in [5, 5.41) is 9.25. The highest BCUT2D eigenvalue weighted by molar-refractivity contribution is 5.72. The summed E-state index contributed by atoms with van der Waals surface area (Å²) in [5.41, 5.74) is 3.01. The monoisotopic (exact) mass is 296 g/mol. The molecule has 114 valence electrons. The molecule has 0 radical (unpaired) electrons. The summed E-state index contributed by atoms with van der Waals surface area (Å²) in [6.07, 6.45) is 2.07. The van der Waals surface area contributed by atoms with Crippen LogP contribution in [-0.2, 0) is 0 Å². The summed E-state index contributed by atoms with van der Waals surface area (Å²) in [6, 6.07) is 9.58. The van der Waals surface area contributed by atoms with E-state index in [-0.39, 0.29) is 11.1 Å². The molecule has 0 unspecified atom stereocenters. The second-order valence-electron chi connectivity index (χ2n) is 5.36. The summed E-state index contributed by atoms with van der Waals surface area (Å²) >= 11 is 0. The van der Waals surface area contributed by atoms with Crippen molar-refractivity contribution in [1.29, 1.82) is 5.26 Å². The maximum atomic E-state index is 11.9. The molecule has 1 heterocycles. The number of H-pyrrole nitrogens is 1. The molecule has 0 bridgehead atoms. The van der Waals surface area contributed by atoms with Crippen LogP contribution in [0.2, 0.25) is 0 Å². The standard InChI is InChI=1S/C18H20N2O2/c1-4-5-8-22-17-10-14(7-6-12(17)2)15-9-13(3)20-18(21)16(15)11-19/h6-7,9-10H,4-5,8H2,1-3H3,(H,20,21). The first kappa shape index (κ1) is 15.8. The molecule has 0 fully saturated rings. The van der Waals surface area contributed by atoms with Crippen LogP contribution in [0.5, 0.6) is 5.75 Å². The third kappa shape index (κ3) is 3.37. The lowest BCUT2D eigenvalue weighted by atomic mass is 9.99. The second-order valence-corrected chi connectivity index (χ2v) is 5.36. The molecule has 1 N–H and O–H groups in total. The quantitative estimate of drug-likeness (QED) is 0.855. The summed E-state index contributed by atoms with van der Waals surface area (Å²) in [5.74, 6) is 0.799. The van der Waals surface area contributed by atoms with E-state index in [0.29, 0.717) is 12.2 Å². The molecule has 0 aliphatic heterocycles. The van der Waals surface area contributed by atoms with Crippen LogP contribution in [0.4, 0.5) is 0 Å². The molecule has 0 amide bonds. The van der Waals surface area contributed by atoms with Gasteiger partial charge in [-0.05, 0) is 43.5 Å². The molecule has 1 aromatic heterocycles. The number of benzene rings is 1. The molecular formula is C18H20N2O2. The Bertz CT molecular complexity index is 770. The van der Waals surface area contributed by atoms with Crippen LogP contribution in [0.25, 0.3) is 11.1 Å². The van der Waals surface area contributed by atoms with Gasteiger partial charge in [-0.15, -0.1) is 0 Å². The Balaban J connectivity index is 2.48. The van der Waals surface area contributed by atoms with Crippen LogP contribution in [0.1, 0.15) is 36.6 Å². The predicted octanol–water partition coefficient (Wildman–Crippen LogP) is 3.71. The fourth-order valence-electron chi connectivity index (χ4n) is 2.28. The van der Waals surface area contributed by atoms with Gasteiger partial charge in [0.1, 0.15) is 17.4 Å². The number of hydrogen-bond acceptors (Lipinski definition) is 3. The number of aromatic nitrogens is 1. The zero-order chi connectivity index (χ0) is 16.1. The van der Waals surface area contributed by atoms with Crippen molar-refractivity contribution in [1.82, 2.24) is 4.98 Å². The maximum absolute atomic E-state index is 11.9. The number of nitriles is 1. The Morgan fingerprint density at radius 1 is 1.27 bits per heavy atom. The normalized spacial score (nSPS) is 10.3. The molecule has 22 heavy (non-hydrogen) atoms. The average Bonchev–Trinajstić information content (AvgIpc) is 2.48. The lowest BCUT2D eigenvalue weighted by Crippen LogP contribution is -2.12. The van der Waals surface area contributed by atoms with Gasteiger partial charge in [-0.1, -0.05) is 25.5 Å². The van der Waals surface area contributed by atoms with Gasteiger partial charge in [0.25, 0.3) is 5.56 Å². The number of nitrogens with one attached hydrogen (secondary N) is 1. The number of hydrogen-bond donors (Lipinski definition) is 1. The largest absolute Gasteiger partial charge is 0.493 e. The van der Waals surface area contributed by atoms with Crippen LogP contribution in [-0.4, -0.2) is 11.6 Å². The molecule has 0 saturated heterocycles. The van der Waals surface area contributed by atoms with Crippen molar-refractivity contribution >= 4 is 0 Å². The maximum Gasteiger partial charge on any atom is 0.266 e.